The molecule has 1 rings (SSSR count). The molecule has 2 amide bonds. The first-order valence-electron chi connectivity index (χ1n) is 6.17. The first-order chi connectivity index (χ1) is 9.92. The third-order valence-corrected chi connectivity index (χ3v) is 3.52. The summed E-state index contributed by atoms with van der Waals surface area (Å²) in [6.45, 7) is 2.20. The number of urea groups is 1. The molecular formula is C12H17N3O5S. The summed E-state index contributed by atoms with van der Waals surface area (Å²) >= 11 is 1.49. The van der Waals surface area contributed by atoms with Crippen molar-refractivity contribution in [2.24, 2.45) is 0 Å². The molecular weight excluding hydrogens is 298 g/mol. The molecule has 0 spiro atoms. The van der Waals surface area contributed by atoms with E-state index in [9.17, 15) is 14.4 Å². The summed E-state index contributed by atoms with van der Waals surface area (Å²) in [4.78, 5) is 37.8. The van der Waals surface area contributed by atoms with Gasteiger partial charge in [-0.25, -0.2) is 14.6 Å². The van der Waals surface area contributed by atoms with E-state index in [1.54, 1.807) is 0 Å². The topological polar surface area (TPSA) is 118 Å². The average Bonchev–Trinajstić information content (AvgIpc) is 2.83. The van der Waals surface area contributed by atoms with Gasteiger partial charge >= 0.3 is 18.0 Å². The van der Waals surface area contributed by atoms with E-state index in [0.717, 1.165) is 17.8 Å². The molecule has 0 radical (unpaired) electrons. The van der Waals surface area contributed by atoms with Gasteiger partial charge in [-0.2, -0.15) is 0 Å². The Hall–Kier alpha value is -2.16. The number of ether oxygens (including phenoxy) is 1. The van der Waals surface area contributed by atoms with Crippen molar-refractivity contribution in [3.05, 3.63) is 16.1 Å². The number of nitrogens with one attached hydrogen (secondary N) is 2. The van der Waals surface area contributed by atoms with Crippen LogP contribution >= 0.6 is 11.3 Å². The number of carbonyl (C=O) groups excluding carboxylic acids is 2. The van der Waals surface area contributed by atoms with Crippen LogP contribution in [0.3, 0.4) is 0 Å². The molecule has 1 heterocycles. The number of aryl methyl sites for hydroxylation is 1. The molecule has 1 aromatic rings. The van der Waals surface area contributed by atoms with Gasteiger partial charge in [0.05, 0.1) is 18.5 Å². The largest absolute Gasteiger partial charge is 0.480 e. The Kier molecular flexibility index (Phi) is 6.60. The van der Waals surface area contributed by atoms with E-state index in [1.165, 1.54) is 11.3 Å². The molecule has 0 aliphatic carbocycles. The van der Waals surface area contributed by atoms with Gasteiger partial charge in [0.25, 0.3) is 0 Å². The van der Waals surface area contributed by atoms with Gasteiger partial charge in [0, 0.05) is 24.0 Å². The molecule has 3 N–H and O–H groups in total. The van der Waals surface area contributed by atoms with Gasteiger partial charge in [-0.3, -0.25) is 4.79 Å². The SMILES string of the molecule is COC(=O)C[C@H](NC(=O)NCCc1nc(C)cs1)C(=O)O. The van der Waals surface area contributed by atoms with Gasteiger partial charge in [-0.05, 0) is 6.92 Å². The van der Waals surface area contributed by atoms with Crippen LogP contribution in [0.15, 0.2) is 5.38 Å². The Morgan fingerprint density at radius 3 is 2.71 bits per heavy atom. The molecule has 0 unspecified atom stereocenters. The number of amides is 2. The smallest absolute Gasteiger partial charge is 0.326 e. The highest BCUT2D eigenvalue weighted by Gasteiger charge is 2.23. The molecule has 0 aromatic carbocycles. The van der Waals surface area contributed by atoms with Gasteiger partial charge in [0.2, 0.25) is 0 Å². The maximum atomic E-state index is 11.6. The Labute approximate surface area is 125 Å². The summed E-state index contributed by atoms with van der Waals surface area (Å²) in [5, 5.41) is 16.4. The number of rotatable bonds is 7. The van der Waals surface area contributed by atoms with Crippen LogP contribution in [0.1, 0.15) is 17.1 Å². The number of hydrogen-bond acceptors (Lipinski definition) is 6. The molecule has 0 aliphatic rings. The summed E-state index contributed by atoms with van der Waals surface area (Å²) in [5.74, 6) is -2.01. The van der Waals surface area contributed by atoms with Crippen LogP contribution in [0.25, 0.3) is 0 Å². The highest BCUT2D eigenvalue weighted by molar-refractivity contribution is 7.09. The second-order valence-corrected chi connectivity index (χ2v) is 5.15. The zero-order chi connectivity index (χ0) is 15.8. The number of thiazole rings is 1. The standard InChI is InChI=1S/C12H17N3O5S/c1-7-6-21-9(14-7)3-4-13-12(19)15-8(11(17)18)5-10(16)20-2/h6,8H,3-5H2,1-2H3,(H,17,18)(H2,13,15,19)/t8-/m0/s1. The third kappa shape index (κ3) is 6.21. The molecule has 0 bridgehead atoms. The van der Waals surface area contributed by atoms with E-state index in [2.05, 4.69) is 20.4 Å². The van der Waals surface area contributed by atoms with Crippen LogP contribution in [0.4, 0.5) is 4.79 Å². The highest BCUT2D eigenvalue weighted by Crippen LogP contribution is 2.08. The van der Waals surface area contributed by atoms with Crippen molar-refractivity contribution in [3.8, 4) is 0 Å². The van der Waals surface area contributed by atoms with Crippen LogP contribution in [0, 0.1) is 6.92 Å². The fourth-order valence-corrected chi connectivity index (χ4v) is 2.24. The molecule has 1 atom stereocenters. The van der Waals surface area contributed by atoms with Crippen LogP contribution in [0.2, 0.25) is 0 Å². The lowest BCUT2D eigenvalue weighted by atomic mass is 10.2. The number of aliphatic carboxylic acids is 1. The quantitative estimate of drug-likeness (QED) is 0.623. The van der Waals surface area contributed by atoms with Gasteiger partial charge in [-0.1, -0.05) is 0 Å². The number of esters is 1. The van der Waals surface area contributed by atoms with Crippen molar-refractivity contribution >= 4 is 29.3 Å². The van der Waals surface area contributed by atoms with Gasteiger partial charge in [-0.15, -0.1) is 11.3 Å². The highest BCUT2D eigenvalue weighted by atomic mass is 32.1. The van der Waals surface area contributed by atoms with Crippen molar-refractivity contribution in [3.63, 3.8) is 0 Å². The second kappa shape index (κ2) is 8.20. The molecule has 116 valence electrons. The molecule has 21 heavy (non-hydrogen) atoms. The molecule has 8 nitrogen and oxygen atoms in total. The minimum absolute atomic E-state index is 0.323. The number of aromatic nitrogens is 1. The zero-order valence-electron chi connectivity index (χ0n) is 11.7. The number of carbonyl (C=O) groups is 3. The van der Waals surface area contributed by atoms with E-state index in [1.807, 2.05) is 12.3 Å². The molecule has 0 aliphatic heterocycles. The number of nitrogens with zero attached hydrogens (tertiary/aromatic N) is 1. The average molecular weight is 315 g/mol. The summed E-state index contributed by atoms with van der Waals surface area (Å²) in [7, 11) is 1.15. The monoisotopic (exact) mass is 315 g/mol. The Balaban J connectivity index is 2.36. The fourth-order valence-electron chi connectivity index (χ4n) is 1.46. The molecule has 0 saturated heterocycles. The third-order valence-electron chi connectivity index (χ3n) is 2.49. The molecule has 1 aromatic heterocycles. The van der Waals surface area contributed by atoms with E-state index in [-0.39, 0.29) is 0 Å². The van der Waals surface area contributed by atoms with Gasteiger partial charge in [0.15, 0.2) is 0 Å². The number of carboxylic acid groups (broad SMARTS) is 1. The minimum Gasteiger partial charge on any atom is -0.480 e. The first-order valence-corrected chi connectivity index (χ1v) is 7.05. The van der Waals surface area contributed by atoms with E-state index in [4.69, 9.17) is 5.11 Å². The molecule has 9 heteroatoms. The van der Waals surface area contributed by atoms with Crippen LogP contribution in [-0.2, 0) is 20.7 Å². The maximum absolute atomic E-state index is 11.6. The van der Waals surface area contributed by atoms with Crippen molar-refractivity contribution in [1.82, 2.24) is 15.6 Å². The van der Waals surface area contributed by atoms with Crippen molar-refractivity contribution in [2.75, 3.05) is 13.7 Å². The minimum atomic E-state index is -1.32. The zero-order valence-corrected chi connectivity index (χ0v) is 12.5. The summed E-state index contributed by atoms with van der Waals surface area (Å²) in [6.07, 6.45) is 0.131. The molecule has 0 saturated carbocycles. The fraction of sp³-hybridized carbons (Fsp3) is 0.500. The summed E-state index contributed by atoms with van der Waals surface area (Å²) < 4.78 is 4.37. The summed E-state index contributed by atoms with van der Waals surface area (Å²) in [5.41, 5.74) is 0.920. The lowest BCUT2D eigenvalue weighted by Gasteiger charge is -2.13. The lowest BCUT2D eigenvalue weighted by molar-refractivity contribution is -0.147. The van der Waals surface area contributed by atoms with E-state index in [0.29, 0.717) is 13.0 Å². The van der Waals surface area contributed by atoms with Gasteiger partial charge in [0.1, 0.15) is 6.04 Å². The summed E-state index contributed by atoms with van der Waals surface area (Å²) in [6, 6.07) is -1.97. The number of methoxy groups -OCH3 is 1. The van der Waals surface area contributed by atoms with Crippen LogP contribution in [-0.4, -0.2) is 47.8 Å². The number of carboxylic acids is 1. The maximum Gasteiger partial charge on any atom is 0.326 e. The van der Waals surface area contributed by atoms with Gasteiger partial charge < -0.3 is 20.5 Å². The second-order valence-electron chi connectivity index (χ2n) is 4.20. The van der Waals surface area contributed by atoms with Crippen LogP contribution < -0.4 is 10.6 Å². The predicted octanol–water partition coefficient (Wildman–Crippen LogP) is 0.310. The first kappa shape index (κ1) is 16.9. The van der Waals surface area contributed by atoms with Crippen molar-refractivity contribution < 1.29 is 24.2 Å². The van der Waals surface area contributed by atoms with E-state index >= 15 is 0 Å². The van der Waals surface area contributed by atoms with Crippen LogP contribution in [0.5, 0.6) is 0 Å². The Morgan fingerprint density at radius 2 is 2.19 bits per heavy atom. The predicted molar refractivity (Wildman–Crippen MR) is 75.1 cm³/mol. The van der Waals surface area contributed by atoms with E-state index < -0.39 is 30.4 Å². The molecule has 0 fully saturated rings. The normalized spacial score (nSPS) is 11.5. The van der Waals surface area contributed by atoms with Crippen molar-refractivity contribution in [2.45, 2.75) is 25.8 Å². The van der Waals surface area contributed by atoms with Crippen molar-refractivity contribution in [1.29, 1.82) is 0 Å². The Bertz CT molecular complexity index is 517. The Morgan fingerprint density at radius 1 is 1.48 bits per heavy atom. The number of hydrogen-bond donors (Lipinski definition) is 3. The lowest BCUT2D eigenvalue weighted by Crippen LogP contribution is -2.47.